The second-order valence-corrected chi connectivity index (χ2v) is 4.13. The number of nitrogens with zero attached hydrogens (tertiary/aromatic N) is 2. The van der Waals surface area contributed by atoms with Gasteiger partial charge in [0.2, 0.25) is 0 Å². The first-order chi connectivity index (χ1) is 9.54. The Bertz CT molecular complexity index is 830. The largest absolute Gasteiger partial charge is 0.478 e. The Labute approximate surface area is 110 Å². The molecule has 0 atom stereocenters. The molecule has 0 saturated heterocycles. The van der Waals surface area contributed by atoms with E-state index in [9.17, 15) is 13.6 Å². The van der Waals surface area contributed by atoms with E-state index in [-0.39, 0.29) is 22.4 Å². The number of nitrogens with one attached hydrogen (secondary N) is 1. The Morgan fingerprint density at radius 3 is 2.65 bits per heavy atom. The third kappa shape index (κ3) is 1.99. The summed E-state index contributed by atoms with van der Waals surface area (Å²) in [6.45, 7) is 0. The second kappa shape index (κ2) is 4.37. The van der Waals surface area contributed by atoms with E-state index in [0.717, 1.165) is 18.3 Å². The molecule has 0 aliphatic heterocycles. The zero-order valence-electron chi connectivity index (χ0n) is 9.89. The van der Waals surface area contributed by atoms with Crippen LogP contribution in [0.5, 0.6) is 0 Å². The summed E-state index contributed by atoms with van der Waals surface area (Å²) in [4.78, 5) is 21.6. The minimum absolute atomic E-state index is 0.109. The summed E-state index contributed by atoms with van der Waals surface area (Å²) >= 11 is 0. The Kier molecular flexibility index (Phi) is 2.67. The quantitative estimate of drug-likeness (QED) is 0.753. The minimum atomic E-state index is -1.29. The lowest BCUT2D eigenvalue weighted by Gasteiger charge is -1.95. The predicted molar refractivity (Wildman–Crippen MR) is 66.2 cm³/mol. The molecule has 2 N–H and O–H groups in total. The van der Waals surface area contributed by atoms with E-state index in [1.165, 1.54) is 12.3 Å². The zero-order chi connectivity index (χ0) is 14.3. The minimum Gasteiger partial charge on any atom is -0.478 e. The zero-order valence-corrected chi connectivity index (χ0v) is 9.89. The fourth-order valence-corrected chi connectivity index (χ4v) is 1.92. The van der Waals surface area contributed by atoms with Gasteiger partial charge >= 0.3 is 5.97 Å². The Hall–Kier alpha value is -2.83. The van der Waals surface area contributed by atoms with Crippen LogP contribution in [-0.4, -0.2) is 26.0 Å². The molecule has 3 aromatic rings. The van der Waals surface area contributed by atoms with E-state index >= 15 is 0 Å². The van der Waals surface area contributed by atoms with Crippen molar-refractivity contribution in [3.05, 3.63) is 47.8 Å². The number of aromatic nitrogens is 3. The molecular formula is C13H7F2N3O2. The maximum Gasteiger partial charge on any atom is 0.338 e. The highest BCUT2D eigenvalue weighted by Crippen LogP contribution is 2.24. The van der Waals surface area contributed by atoms with Crippen molar-refractivity contribution in [2.24, 2.45) is 0 Å². The average molecular weight is 275 g/mol. The van der Waals surface area contributed by atoms with E-state index in [1.807, 2.05) is 0 Å². The molecule has 1 aromatic carbocycles. The summed E-state index contributed by atoms with van der Waals surface area (Å²) in [6.07, 6.45) is 2.41. The summed E-state index contributed by atoms with van der Waals surface area (Å²) < 4.78 is 26.5. The van der Waals surface area contributed by atoms with Crippen LogP contribution >= 0.6 is 0 Å². The first kappa shape index (κ1) is 12.2. The van der Waals surface area contributed by atoms with Gasteiger partial charge in [0.05, 0.1) is 17.3 Å². The molecule has 5 nitrogen and oxygen atoms in total. The molecule has 20 heavy (non-hydrogen) atoms. The molecular weight excluding hydrogens is 268 g/mol. The van der Waals surface area contributed by atoms with Crippen molar-refractivity contribution in [3.63, 3.8) is 0 Å². The Morgan fingerprint density at radius 2 is 1.95 bits per heavy atom. The second-order valence-electron chi connectivity index (χ2n) is 4.13. The number of H-pyrrole nitrogens is 1. The first-order valence-electron chi connectivity index (χ1n) is 5.58. The number of rotatable bonds is 2. The summed E-state index contributed by atoms with van der Waals surface area (Å²) in [7, 11) is 0. The van der Waals surface area contributed by atoms with Crippen LogP contribution in [0.4, 0.5) is 8.78 Å². The molecule has 0 spiro atoms. The smallest absolute Gasteiger partial charge is 0.338 e. The molecule has 0 aliphatic rings. The number of hydrogen-bond donors (Lipinski definition) is 2. The molecule has 7 heteroatoms. The molecule has 2 aromatic heterocycles. The maximum atomic E-state index is 13.3. The molecule has 0 radical (unpaired) electrons. The fourth-order valence-electron chi connectivity index (χ4n) is 1.92. The van der Waals surface area contributed by atoms with Crippen molar-refractivity contribution in [1.29, 1.82) is 0 Å². The molecule has 0 saturated carbocycles. The van der Waals surface area contributed by atoms with Crippen molar-refractivity contribution in [3.8, 4) is 11.4 Å². The van der Waals surface area contributed by atoms with Gasteiger partial charge in [0, 0.05) is 11.8 Å². The maximum absolute atomic E-state index is 13.3. The van der Waals surface area contributed by atoms with E-state index in [1.54, 1.807) is 0 Å². The van der Waals surface area contributed by atoms with Gasteiger partial charge in [-0.2, -0.15) is 0 Å². The SMILES string of the molecule is O=C(O)c1cc(F)cc2[nH]c(-c3cncc(F)c3)nc12. The number of imidazole rings is 1. The molecule has 100 valence electrons. The standard InChI is InChI=1S/C13H7F2N3O2/c14-7-2-9(13(19)20)11-10(3-7)17-12(18-11)6-1-8(15)5-16-4-6/h1-5H,(H,17,18)(H,19,20). The molecule has 0 fully saturated rings. The highest BCUT2D eigenvalue weighted by atomic mass is 19.1. The number of carboxylic acid groups (broad SMARTS) is 1. The van der Waals surface area contributed by atoms with Gasteiger partial charge in [-0.05, 0) is 18.2 Å². The van der Waals surface area contributed by atoms with Gasteiger partial charge in [-0.1, -0.05) is 0 Å². The number of aromatic carboxylic acids is 1. The lowest BCUT2D eigenvalue weighted by atomic mass is 10.2. The number of pyridine rings is 1. The number of fused-ring (bicyclic) bond motifs is 1. The van der Waals surface area contributed by atoms with Crippen molar-refractivity contribution >= 4 is 17.0 Å². The fraction of sp³-hybridized carbons (Fsp3) is 0. The molecule has 2 heterocycles. The van der Waals surface area contributed by atoms with Crippen LogP contribution in [0.3, 0.4) is 0 Å². The van der Waals surface area contributed by atoms with Gasteiger partial charge in [0.25, 0.3) is 0 Å². The number of carboxylic acids is 1. The lowest BCUT2D eigenvalue weighted by molar-refractivity contribution is 0.0698. The number of hydrogen-bond acceptors (Lipinski definition) is 3. The summed E-state index contributed by atoms with van der Waals surface area (Å²) in [5.41, 5.74) is 0.421. The van der Waals surface area contributed by atoms with Crippen LogP contribution in [0.2, 0.25) is 0 Å². The van der Waals surface area contributed by atoms with E-state index in [2.05, 4.69) is 15.0 Å². The predicted octanol–water partition coefficient (Wildman–Crippen LogP) is 2.60. The van der Waals surface area contributed by atoms with Crippen LogP contribution in [0.1, 0.15) is 10.4 Å². The normalized spacial score (nSPS) is 10.9. The Morgan fingerprint density at radius 1 is 1.15 bits per heavy atom. The van der Waals surface area contributed by atoms with Gasteiger partial charge in [-0.15, -0.1) is 0 Å². The van der Waals surface area contributed by atoms with Gasteiger partial charge in [0.15, 0.2) is 0 Å². The third-order valence-corrected chi connectivity index (χ3v) is 2.76. The number of carbonyl (C=O) groups is 1. The average Bonchev–Trinajstić information content (AvgIpc) is 2.81. The van der Waals surface area contributed by atoms with Crippen LogP contribution < -0.4 is 0 Å². The molecule has 0 unspecified atom stereocenters. The van der Waals surface area contributed by atoms with Crippen molar-refractivity contribution < 1.29 is 18.7 Å². The molecule has 0 amide bonds. The van der Waals surface area contributed by atoms with Gasteiger partial charge < -0.3 is 10.1 Å². The van der Waals surface area contributed by atoms with E-state index in [0.29, 0.717) is 5.56 Å². The van der Waals surface area contributed by atoms with Crippen LogP contribution in [0.25, 0.3) is 22.4 Å². The van der Waals surface area contributed by atoms with Crippen molar-refractivity contribution in [2.75, 3.05) is 0 Å². The van der Waals surface area contributed by atoms with Crippen molar-refractivity contribution in [2.45, 2.75) is 0 Å². The third-order valence-electron chi connectivity index (χ3n) is 2.76. The topological polar surface area (TPSA) is 78.9 Å². The highest BCUT2D eigenvalue weighted by Gasteiger charge is 2.16. The molecule has 0 bridgehead atoms. The van der Waals surface area contributed by atoms with E-state index < -0.39 is 17.6 Å². The van der Waals surface area contributed by atoms with E-state index in [4.69, 9.17) is 5.11 Å². The number of halogens is 2. The number of aromatic amines is 1. The lowest BCUT2D eigenvalue weighted by Crippen LogP contribution is -1.98. The molecule has 0 aliphatic carbocycles. The molecule has 3 rings (SSSR count). The van der Waals surface area contributed by atoms with Gasteiger partial charge in [-0.3, -0.25) is 4.98 Å². The first-order valence-corrected chi connectivity index (χ1v) is 5.58. The van der Waals surface area contributed by atoms with Gasteiger partial charge in [-0.25, -0.2) is 18.6 Å². The summed E-state index contributed by atoms with van der Waals surface area (Å²) in [5.74, 6) is -2.31. The van der Waals surface area contributed by atoms with Gasteiger partial charge in [0.1, 0.15) is 23.0 Å². The Balaban J connectivity index is 2.25. The summed E-state index contributed by atoms with van der Waals surface area (Å²) in [6, 6.07) is 3.21. The summed E-state index contributed by atoms with van der Waals surface area (Å²) in [5, 5.41) is 9.04. The van der Waals surface area contributed by atoms with Crippen LogP contribution in [0, 0.1) is 11.6 Å². The monoisotopic (exact) mass is 275 g/mol. The highest BCUT2D eigenvalue weighted by molar-refractivity contribution is 6.01. The van der Waals surface area contributed by atoms with Crippen LogP contribution in [0.15, 0.2) is 30.6 Å². The van der Waals surface area contributed by atoms with Crippen molar-refractivity contribution in [1.82, 2.24) is 15.0 Å². The van der Waals surface area contributed by atoms with Crippen LogP contribution in [-0.2, 0) is 0 Å². The number of benzene rings is 1.